The van der Waals surface area contributed by atoms with Crippen LogP contribution < -0.4 is 10.2 Å². The van der Waals surface area contributed by atoms with Crippen molar-refractivity contribution in [2.45, 2.75) is 25.3 Å². The molecule has 3 aromatic carbocycles. The predicted octanol–water partition coefficient (Wildman–Crippen LogP) is 7.62. The second-order valence-corrected chi connectivity index (χ2v) is 9.86. The van der Waals surface area contributed by atoms with E-state index in [2.05, 4.69) is 39.5 Å². The summed E-state index contributed by atoms with van der Waals surface area (Å²) in [4.78, 5) is 20.1. The number of rotatable bonds is 8. The molecule has 0 amide bonds. The molecule has 0 fully saturated rings. The number of carbonyl (C=O) groups excluding carboxylic acids is 1. The summed E-state index contributed by atoms with van der Waals surface area (Å²) < 4.78 is 0. The Morgan fingerprint density at radius 2 is 1.64 bits per heavy atom. The van der Waals surface area contributed by atoms with Crippen LogP contribution in [0.3, 0.4) is 0 Å². The Balaban J connectivity index is 1.35. The molecule has 0 radical (unpaired) electrons. The van der Waals surface area contributed by atoms with Crippen LogP contribution in [0, 0.1) is 0 Å². The Morgan fingerprint density at radius 3 is 2.33 bits per heavy atom. The van der Waals surface area contributed by atoms with Crippen molar-refractivity contribution in [1.82, 2.24) is 4.98 Å². The van der Waals surface area contributed by atoms with E-state index in [1.54, 1.807) is 12.3 Å². The molecule has 1 aliphatic heterocycles. The van der Waals surface area contributed by atoms with Gasteiger partial charge < -0.3 is 10.2 Å². The molecule has 0 saturated heterocycles. The van der Waals surface area contributed by atoms with Crippen molar-refractivity contribution in [3.8, 4) is 0 Å². The Kier molecular flexibility index (Phi) is 7.55. The van der Waals surface area contributed by atoms with Gasteiger partial charge in [0.2, 0.25) is 0 Å². The molecular formula is C30H27Cl2N3O. The molecule has 1 aromatic heterocycles. The number of aromatic nitrogens is 1. The molecule has 36 heavy (non-hydrogen) atoms. The van der Waals surface area contributed by atoms with Gasteiger partial charge in [0, 0.05) is 53.8 Å². The minimum Gasteiger partial charge on any atom is -0.367 e. The van der Waals surface area contributed by atoms with Crippen molar-refractivity contribution in [3.63, 3.8) is 0 Å². The third-order valence-electron chi connectivity index (χ3n) is 6.64. The van der Waals surface area contributed by atoms with Crippen LogP contribution in [0.4, 0.5) is 11.5 Å². The van der Waals surface area contributed by atoms with Gasteiger partial charge in [0.25, 0.3) is 0 Å². The summed E-state index contributed by atoms with van der Waals surface area (Å²) in [7, 11) is 0. The molecule has 1 aliphatic rings. The van der Waals surface area contributed by atoms with E-state index in [0.29, 0.717) is 28.6 Å². The van der Waals surface area contributed by atoms with Crippen LogP contribution in [-0.2, 0) is 6.54 Å². The number of halogens is 2. The quantitative estimate of drug-likeness (QED) is 0.245. The van der Waals surface area contributed by atoms with Gasteiger partial charge in [-0.15, -0.1) is 0 Å². The van der Waals surface area contributed by atoms with Crippen molar-refractivity contribution >= 4 is 40.5 Å². The van der Waals surface area contributed by atoms with Crippen molar-refractivity contribution in [2.24, 2.45) is 0 Å². The number of hydrogen-bond acceptors (Lipinski definition) is 4. The van der Waals surface area contributed by atoms with E-state index in [9.17, 15) is 4.79 Å². The average Bonchev–Trinajstić information content (AvgIpc) is 2.92. The highest BCUT2D eigenvalue weighted by atomic mass is 35.5. The standard InChI is InChI=1S/C30H27Cl2N3O/c31-25-11-13-27(32)24(17-25)20-35-16-15-33-30-28(35)18-23(19-34-30)29(36)14-12-26(21-7-3-1-4-8-21)22-9-5-2-6-10-22/h1-11,13,17-19,26H,12,14-16,20H2,(H,33,34). The molecule has 0 unspecified atom stereocenters. The van der Waals surface area contributed by atoms with Gasteiger partial charge in [0.15, 0.2) is 5.78 Å². The van der Waals surface area contributed by atoms with Gasteiger partial charge in [-0.3, -0.25) is 4.79 Å². The summed E-state index contributed by atoms with van der Waals surface area (Å²) in [5.41, 5.74) is 4.91. The van der Waals surface area contributed by atoms with E-state index in [1.165, 1.54) is 11.1 Å². The van der Waals surface area contributed by atoms with E-state index in [4.69, 9.17) is 23.2 Å². The molecule has 0 spiro atoms. The fourth-order valence-corrected chi connectivity index (χ4v) is 5.14. The molecule has 0 bridgehead atoms. The Hall–Kier alpha value is -3.34. The first kappa shape index (κ1) is 24.4. The lowest BCUT2D eigenvalue weighted by Crippen LogP contribution is -2.34. The number of ketones is 1. The van der Waals surface area contributed by atoms with Gasteiger partial charge in [-0.2, -0.15) is 0 Å². The van der Waals surface area contributed by atoms with Gasteiger partial charge in [-0.1, -0.05) is 83.9 Å². The average molecular weight is 516 g/mol. The third-order valence-corrected chi connectivity index (χ3v) is 7.24. The van der Waals surface area contributed by atoms with E-state index >= 15 is 0 Å². The monoisotopic (exact) mass is 515 g/mol. The number of nitrogens with zero attached hydrogens (tertiary/aromatic N) is 2. The summed E-state index contributed by atoms with van der Waals surface area (Å²) in [6, 6.07) is 28.2. The lowest BCUT2D eigenvalue weighted by Gasteiger charge is -2.32. The molecule has 6 heteroatoms. The zero-order valence-electron chi connectivity index (χ0n) is 19.8. The SMILES string of the molecule is O=C(CCC(c1ccccc1)c1ccccc1)c1cnc2c(c1)N(Cc1cc(Cl)ccc1Cl)CCN2. The number of anilines is 2. The molecule has 182 valence electrons. The summed E-state index contributed by atoms with van der Waals surface area (Å²) in [6.07, 6.45) is 2.84. The first-order valence-corrected chi connectivity index (χ1v) is 12.9. The molecule has 0 aliphatic carbocycles. The normalized spacial score (nSPS) is 12.8. The van der Waals surface area contributed by atoms with Crippen molar-refractivity contribution < 1.29 is 4.79 Å². The van der Waals surface area contributed by atoms with Crippen LogP contribution in [0.5, 0.6) is 0 Å². The fraction of sp³-hybridized carbons (Fsp3) is 0.200. The lowest BCUT2D eigenvalue weighted by molar-refractivity contribution is 0.0978. The fourth-order valence-electron chi connectivity index (χ4n) is 4.76. The van der Waals surface area contributed by atoms with Crippen LogP contribution >= 0.6 is 23.2 Å². The number of nitrogens with one attached hydrogen (secondary N) is 1. The van der Waals surface area contributed by atoms with Crippen LogP contribution in [0.25, 0.3) is 0 Å². The van der Waals surface area contributed by atoms with Crippen molar-refractivity contribution in [1.29, 1.82) is 0 Å². The third kappa shape index (κ3) is 5.56. The Bertz CT molecular complexity index is 1310. The van der Waals surface area contributed by atoms with Crippen molar-refractivity contribution in [3.05, 3.63) is 123 Å². The number of fused-ring (bicyclic) bond motifs is 1. The molecule has 4 aromatic rings. The smallest absolute Gasteiger partial charge is 0.164 e. The zero-order valence-corrected chi connectivity index (χ0v) is 21.3. The summed E-state index contributed by atoms with van der Waals surface area (Å²) in [6.45, 7) is 2.14. The first-order valence-electron chi connectivity index (χ1n) is 12.1. The van der Waals surface area contributed by atoms with E-state index in [0.717, 1.165) is 36.6 Å². The van der Waals surface area contributed by atoms with Crippen LogP contribution in [0.15, 0.2) is 91.1 Å². The number of pyridine rings is 1. The minimum absolute atomic E-state index is 0.0912. The highest BCUT2D eigenvalue weighted by molar-refractivity contribution is 6.33. The maximum Gasteiger partial charge on any atom is 0.164 e. The molecule has 0 saturated carbocycles. The van der Waals surface area contributed by atoms with E-state index < -0.39 is 0 Å². The van der Waals surface area contributed by atoms with Crippen LogP contribution in [0.1, 0.15) is 45.8 Å². The summed E-state index contributed by atoms with van der Waals surface area (Å²) in [5.74, 6) is 1.03. The lowest BCUT2D eigenvalue weighted by atomic mass is 9.86. The maximum absolute atomic E-state index is 13.3. The maximum atomic E-state index is 13.3. The van der Waals surface area contributed by atoms with Gasteiger partial charge in [0.1, 0.15) is 5.82 Å². The molecule has 5 rings (SSSR count). The van der Waals surface area contributed by atoms with E-state index in [1.807, 2.05) is 54.6 Å². The summed E-state index contributed by atoms with van der Waals surface area (Å²) in [5, 5.41) is 4.67. The second kappa shape index (κ2) is 11.2. The topological polar surface area (TPSA) is 45.2 Å². The van der Waals surface area contributed by atoms with Gasteiger partial charge in [0.05, 0.1) is 5.69 Å². The first-order chi connectivity index (χ1) is 17.6. The Labute approximate surface area is 221 Å². The number of hydrogen-bond donors (Lipinski definition) is 1. The van der Waals surface area contributed by atoms with Gasteiger partial charge in [-0.25, -0.2) is 4.98 Å². The highest BCUT2D eigenvalue weighted by Crippen LogP contribution is 2.33. The van der Waals surface area contributed by atoms with E-state index in [-0.39, 0.29) is 11.7 Å². The summed E-state index contributed by atoms with van der Waals surface area (Å²) >= 11 is 12.6. The molecule has 2 heterocycles. The number of carbonyl (C=O) groups is 1. The predicted molar refractivity (Wildman–Crippen MR) is 149 cm³/mol. The highest BCUT2D eigenvalue weighted by Gasteiger charge is 2.22. The minimum atomic E-state index is 0.0912. The van der Waals surface area contributed by atoms with Gasteiger partial charge in [-0.05, 0) is 47.4 Å². The number of Topliss-reactive ketones (excluding diaryl/α,β-unsaturated/α-hetero) is 1. The molecule has 4 nitrogen and oxygen atoms in total. The molecule has 0 atom stereocenters. The van der Waals surface area contributed by atoms with Crippen molar-refractivity contribution in [2.75, 3.05) is 23.3 Å². The second-order valence-electron chi connectivity index (χ2n) is 9.01. The van der Waals surface area contributed by atoms with Gasteiger partial charge >= 0.3 is 0 Å². The Morgan fingerprint density at radius 1 is 0.944 bits per heavy atom. The zero-order chi connectivity index (χ0) is 24.9. The molecular weight excluding hydrogens is 489 g/mol. The van der Waals surface area contributed by atoms with Crippen LogP contribution in [0.2, 0.25) is 10.0 Å². The van der Waals surface area contributed by atoms with Crippen LogP contribution in [-0.4, -0.2) is 23.9 Å². The number of benzene rings is 3. The molecule has 1 N–H and O–H groups in total. The largest absolute Gasteiger partial charge is 0.367 e.